The molecule has 0 bridgehead atoms. The van der Waals surface area contributed by atoms with Gasteiger partial charge in [0.1, 0.15) is 17.9 Å². The highest BCUT2D eigenvalue weighted by Crippen LogP contribution is 2.45. The van der Waals surface area contributed by atoms with E-state index in [9.17, 15) is 19.5 Å². The number of aromatic nitrogens is 3. The zero-order chi connectivity index (χ0) is 26.2. The zero-order valence-corrected chi connectivity index (χ0v) is 20.8. The van der Waals surface area contributed by atoms with Crippen molar-refractivity contribution in [3.63, 3.8) is 0 Å². The first-order valence-electron chi connectivity index (χ1n) is 11.4. The number of hydrogen-bond donors (Lipinski definition) is 2. The van der Waals surface area contributed by atoms with Gasteiger partial charge in [-0.2, -0.15) is 0 Å². The molecule has 0 spiro atoms. The number of pyridine rings is 1. The average molecular weight is 493 g/mol. The van der Waals surface area contributed by atoms with Crippen LogP contribution in [-0.4, -0.2) is 52.3 Å². The second-order valence-corrected chi connectivity index (χ2v) is 9.67. The second-order valence-electron chi connectivity index (χ2n) is 9.67. The standard InChI is InChI=1S/C26H28N4O6/c1-26(2,3)22-7-14-6-17(15-10-27-25(28-11-15)29-12-23(32)36-5)21(35-4)8-16(14)19-9-20(31)18(24(33)34)13-30(19)22/h6,8-11,13,22H,7,12H2,1-5H3,(H,33,34)(H,27,28,29). The van der Waals surface area contributed by atoms with Crippen molar-refractivity contribution in [1.82, 2.24) is 14.5 Å². The Morgan fingerprint density at radius 1 is 1.14 bits per heavy atom. The summed E-state index contributed by atoms with van der Waals surface area (Å²) in [6.45, 7) is 6.21. The molecule has 10 nitrogen and oxygen atoms in total. The minimum Gasteiger partial charge on any atom is -0.496 e. The van der Waals surface area contributed by atoms with Crippen LogP contribution >= 0.6 is 0 Å². The van der Waals surface area contributed by atoms with E-state index in [2.05, 4.69) is 40.8 Å². The van der Waals surface area contributed by atoms with E-state index in [1.165, 1.54) is 19.4 Å². The molecule has 188 valence electrons. The number of ether oxygens (including phenoxy) is 2. The summed E-state index contributed by atoms with van der Waals surface area (Å²) in [5, 5.41) is 12.3. The number of aromatic carboxylic acids is 1. The SMILES string of the molecule is COC(=O)CNc1ncc(-c2cc3c(cc2OC)-c2cc(=O)c(C(=O)O)cn2C(C(C)(C)C)C3)cn1. The number of nitrogens with one attached hydrogen (secondary N) is 1. The fourth-order valence-electron chi connectivity index (χ4n) is 4.42. The highest BCUT2D eigenvalue weighted by Gasteiger charge is 2.34. The zero-order valence-electron chi connectivity index (χ0n) is 20.8. The molecule has 1 aromatic carbocycles. The molecule has 0 saturated heterocycles. The third-order valence-corrected chi connectivity index (χ3v) is 6.34. The summed E-state index contributed by atoms with van der Waals surface area (Å²) < 4.78 is 12.2. The van der Waals surface area contributed by atoms with Crippen LogP contribution in [0.3, 0.4) is 0 Å². The Labute approximate surface area is 207 Å². The van der Waals surface area contributed by atoms with Crippen LogP contribution in [0.15, 0.2) is 41.6 Å². The lowest BCUT2D eigenvalue weighted by Gasteiger charge is -2.39. The van der Waals surface area contributed by atoms with Crippen LogP contribution in [0, 0.1) is 5.41 Å². The summed E-state index contributed by atoms with van der Waals surface area (Å²) in [7, 11) is 2.86. The number of benzene rings is 1. The van der Waals surface area contributed by atoms with Crippen molar-refractivity contribution >= 4 is 17.9 Å². The number of carboxylic acids is 1. The lowest BCUT2D eigenvalue weighted by Crippen LogP contribution is -2.32. The van der Waals surface area contributed by atoms with E-state index in [1.54, 1.807) is 19.5 Å². The number of carbonyl (C=O) groups excluding carboxylic acids is 1. The highest BCUT2D eigenvalue weighted by atomic mass is 16.5. The maximum absolute atomic E-state index is 12.6. The van der Waals surface area contributed by atoms with Crippen LogP contribution in [0.25, 0.3) is 22.4 Å². The molecule has 0 aliphatic carbocycles. The Kier molecular flexibility index (Phi) is 6.53. The van der Waals surface area contributed by atoms with Gasteiger partial charge < -0.3 is 24.5 Å². The molecule has 0 radical (unpaired) electrons. The molecule has 1 aliphatic heterocycles. The van der Waals surface area contributed by atoms with Gasteiger partial charge in [0.15, 0.2) is 5.43 Å². The van der Waals surface area contributed by atoms with Crippen LogP contribution in [0.1, 0.15) is 42.7 Å². The van der Waals surface area contributed by atoms with Gasteiger partial charge in [-0.15, -0.1) is 0 Å². The van der Waals surface area contributed by atoms with Crippen LogP contribution in [0.2, 0.25) is 0 Å². The third kappa shape index (κ3) is 4.66. The van der Waals surface area contributed by atoms with Gasteiger partial charge in [-0.25, -0.2) is 14.8 Å². The van der Waals surface area contributed by atoms with Crippen LogP contribution in [0.5, 0.6) is 5.75 Å². The molecule has 0 saturated carbocycles. The third-order valence-electron chi connectivity index (χ3n) is 6.34. The molecular weight excluding hydrogens is 464 g/mol. The Morgan fingerprint density at radius 3 is 2.42 bits per heavy atom. The van der Waals surface area contributed by atoms with Gasteiger partial charge in [0.05, 0.1) is 19.9 Å². The summed E-state index contributed by atoms with van der Waals surface area (Å²) in [5.74, 6) is -0.826. The molecule has 10 heteroatoms. The monoisotopic (exact) mass is 492 g/mol. The molecule has 2 aromatic heterocycles. The maximum atomic E-state index is 12.6. The number of esters is 1. The number of rotatable bonds is 6. The highest BCUT2D eigenvalue weighted by molar-refractivity contribution is 5.88. The first-order valence-corrected chi connectivity index (χ1v) is 11.4. The largest absolute Gasteiger partial charge is 0.496 e. The summed E-state index contributed by atoms with van der Waals surface area (Å²) in [5.41, 5.74) is 2.95. The maximum Gasteiger partial charge on any atom is 0.341 e. The van der Waals surface area contributed by atoms with Crippen molar-refractivity contribution < 1.29 is 24.2 Å². The predicted molar refractivity (Wildman–Crippen MR) is 133 cm³/mol. The Morgan fingerprint density at radius 2 is 1.83 bits per heavy atom. The summed E-state index contributed by atoms with van der Waals surface area (Å²) in [6.07, 6.45) is 5.36. The van der Waals surface area contributed by atoms with Crippen molar-refractivity contribution in [2.24, 2.45) is 5.41 Å². The lowest BCUT2D eigenvalue weighted by molar-refractivity contribution is -0.138. The second kappa shape index (κ2) is 9.44. The van der Waals surface area contributed by atoms with E-state index in [4.69, 9.17) is 4.74 Å². The van der Waals surface area contributed by atoms with Crippen molar-refractivity contribution in [1.29, 1.82) is 0 Å². The van der Waals surface area contributed by atoms with Gasteiger partial charge in [0.2, 0.25) is 5.95 Å². The van der Waals surface area contributed by atoms with Crippen molar-refractivity contribution in [2.45, 2.75) is 33.2 Å². The molecule has 3 aromatic rings. The van der Waals surface area contributed by atoms with Crippen molar-refractivity contribution in [2.75, 3.05) is 26.1 Å². The van der Waals surface area contributed by atoms with Crippen LogP contribution in [-0.2, 0) is 16.0 Å². The fraction of sp³-hybridized carbons (Fsp3) is 0.346. The van der Waals surface area contributed by atoms with Gasteiger partial charge in [0.25, 0.3) is 0 Å². The van der Waals surface area contributed by atoms with E-state index >= 15 is 0 Å². The first kappa shape index (κ1) is 24.9. The van der Waals surface area contributed by atoms with Gasteiger partial charge >= 0.3 is 11.9 Å². The first-order chi connectivity index (χ1) is 17.0. The topological polar surface area (TPSA) is 133 Å². The van der Waals surface area contributed by atoms with E-state index in [0.717, 1.165) is 22.3 Å². The molecule has 1 atom stereocenters. The van der Waals surface area contributed by atoms with E-state index in [1.807, 2.05) is 16.7 Å². The minimum atomic E-state index is -1.24. The molecule has 36 heavy (non-hydrogen) atoms. The van der Waals surface area contributed by atoms with Gasteiger partial charge in [-0.05, 0) is 29.5 Å². The number of carboxylic acid groups (broad SMARTS) is 1. The molecule has 1 unspecified atom stereocenters. The number of fused-ring (bicyclic) bond motifs is 3. The Balaban J connectivity index is 1.81. The number of methoxy groups -OCH3 is 2. The van der Waals surface area contributed by atoms with E-state index in [0.29, 0.717) is 17.9 Å². The minimum absolute atomic E-state index is 0.0470. The van der Waals surface area contributed by atoms with Crippen molar-refractivity contribution in [3.05, 3.63) is 58.1 Å². The quantitative estimate of drug-likeness (QED) is 0.497. The summed E-state index contributed by atoms with van der Waals surface area (Å²) >= 11 is 0. The van der Waals surface area contributed by atoms with E-state index in [-0.39, 0.29) is 29.5 Å². The smallest absolute Gasteiger partial charge is 0.341 e. The number of hydrogen-bond acceptors (Lipinski definition) is 8. The number of anilines is 1. The summed E-state index contributed by atoms with van der Waals surface area (Å²) in [6, 6.07) is 5.18. The number of nitrogens with zero attached hydrogens (tertiary/aromatic N) is 3. The molecular formula is C26H28N4O6. The van der Waals surface area contributed by atoms with Gasteiger partial charge in [0, 0.05) is 47.4 Å². The Hall–Kier alpha value is -4.21. The van der Waals surface area contributed by atoms with E-state index < -0.39 is 17.4 Å². The van der Waals surface area contributed by atoms with Gasteiger partial charge in [-0.1, -0.05) is 20.8 Å². The molecule has 4 rings (SSSR count). The lowest BCUT2D eigenvalue weighted by atomic mass is 9.78. The van der Waals surface area contributed by atoms with Gasteiger partial charge in [-0.3, -0.25) is 9.59 Å². The Bertz CT molecular complexity index is 1390. The molecule has 0 fully saturated rings. The molecule has 0 amide bonds. The van der Waals surface area contributed by atoms with Crippen LogP contribution in [0.4, 0.5) is 5.95 Å². The van der Waals surface area contributed by atoms with Crippen molar-refractivity contribution in [3.8, 4) is 28.1 Å². The fourth-order valence-corrected chi connectivity index (χ4v) is 4.42. The average Bonchev–Trinajstić information content (AvgIpc) is 2.85. The molecule has 3 heterocycles. The number of carbonyl (C=O) groups is 2. The summed E-state index contributed by atoms with van der Waals surface area (Å²) in [4.78, 5) is 44.2. The van der Waals surface area contributed by atoms with Crippen LogP contribution < -0.4 is 15.5 Å². The predicted octanol–water partition coefficient (Wildman–Crippen LogP) is 3.41. The molecule has 2 N–H and O–H groups in total. The molecule has 1 aliphatic rings. The normalized spacial score (nSPS) is 14.4.